The molecule has 13 heavy (non-hydrogen) atoms. The molecule has 1 heterocycles. The molecule has 1 aromatic rings. The lowest BCUT2D eigenvalue weighted by atomic mass is 10.1. The summed E-state index contributed by atoms with van der Waals surface area (Å²) < 4.78 is 0. The summed E-state index contributed by atoms with van der Waals surface area (Å²) in [4.78, 5) is 2.06. The van der Waals surface area contributed by atoms with Gasteiger partial charge in [0.25, 0.3) is 0 Å². The number of phenols is 1. The SMILES string of the molecule is CN1c2c(O)cccc2CC1CN. The van der Waals surface area contributed by atoms with Crippen molar-refractivity contribution in [2.24, 2.45) is 5.73 Å². The molecule has 0 saturated carbocycles. The maximum atomic E-state index is 9.63. The molecule has 3 nitrogen and oxygen atoms in total. The molecule has 0 aliphatic carbocycles. The molecular formula is C10H14N2O. The van der Waals surface area contributed by atoms with Crippen molar-refractivity contribution in [2.75, 3.05) is 18.5 Å². The summed E-state index contributed by atoms with van der Waals surface area (Å²) in [5.74, 6) is 0.357. The Kier molecular flexibility index (Phi) is 1.88. The Morgan fingerprint density at radius 1 is 1.62 bits per heavy atom. The minimum absolute atomic E-state index is 0.336. The Morgan fingerprint density at radius 2 is 2.38 bits per heavy atom. The molecule has 1 aromatic carbocycles. The third-order valence-corrected chi connectivity index (χ3v) is 2.73. The van der Waals surface area contributed by atoms with Gasteiger partial charge in [-0.1, -0.05) is 12.1 Å². The number of hydrogen-bond donors (Lipinski definition) is 2. The standard InChI is InChI=1S/C10H14N2O/c1-12-8(6-11)5-7-3-2-4-9(13)10(7)12/h2-4,8,13H,5-6,11H2,1H3. The highest BCUT2D eigenvalue weighted by Gasteiger charge is 2.27. The summed E-state index contributed by atoms with van der Waals surface area (Å²) in [6, 6.07) is 5.97. The molecule has 70 valence electrons. The van der Waals surface area contributed by atoms with Crippen LogP contribution in [0.25, 0.3) is 0 Å². The first-order valence-electron chi connectivity index (χ1n) is 4.47. The van der Waals surface area contributed by atoms with Crippen molar-refractivity contribution in [3.63, 3.8) is 0 Å². The summed E-state index contributed by atoms with van der Waals surface area (Å²) in [7, 11) is 1.98. The fraction of sp³-hybridized carbons (Fsp3) is 0.400. The van der Waals surface area contributed by atoms with Gasteiger partial charge in [-0.05, 0) is 18.1 Å². The number of para-hydroxylation sites is 1. The van der Waals surface area contributed by atoms with E-state index in [4.69, 9.17) is 5.73 Å². The normalized spacial score (nSPS) is 20.5. The van der Waals surface area contributed by atoms with Gasteiger partial charge in [0.2, 0.25) is 0 Å². The van der Waals surface area contributed by atoms with E-state index in [-0.39, 0.29) is 0 Å². The topological polar surface area (TPSA) is 49.5 Å². The van der Waals surface area contributed by atoms with Crippen LogP contribution in [-0.4, -0.2) is 24.7 Å². The van der Waals surface area contributed by atoms with Gasteiger partial charge in [0.05, 0.1) is 5.69 Å². The van der Waals surface area contributed by atoms with E-state index >= 15 is 0 Å². The van der Waals surface area contributed by atoms with Crippen molar-refractivity contribution in [1.82, 2.24) is 0 Å². The third kappa shape index (κ3) is 1.16. The summed E-state index contributed by atoms with van der Waals surface area (Å²) in [6.45, 7) is 0.630. The monoisotopic (exact) mass is 178 g/mol. The van der Waals surface area contributed by atoms with Gasteiger partial charge in [-0.2, -0.15) is 0 Å². The van der Waals surface area contributed by atoms with E-state index in [2.05, 4.69) is 4.90 Å². The number of hydrogen-bond acceptors (Lipinski definition) is 3. The van der Waals surface area contributed by atoms with Gasteiger partial charge >= 0.3 is 0 Å². The van der Waals surface area contributed by atoms with Crippen molar-refractivity contribution in [2.45, 2.75) is 12.5 Å². The van der Waals surface area contributed by atoms with Gasteiger partial charge < -0.3 is 15.7 Å². The lowest BCUT2D eigenvalue weighted by molar-refractivity contribution is 0.475. The second kappa shape index (κ2) is 2.92. The molecule has 0 amide bonds. The number of likely N-dealkylation sites (N-methyl/N-ethyl adjacent to an activating group) is 1. The maximum Gasteiger partial charge on any atom is 0.139 e. The smallest absolute Gasteiger partial charge is 0.139 e. The van der Waals surface area contributed by atoms with E-state index in [0.717, 1.165) is 12.1 Å². The number of benzene rings is 1. The molecule has 0 aromatic heterocycles. The fourth-order valence-electron chi connectivity index (χ4n) is 1.96. The van der Waals surface area contributed by atoms with Crippen molar-refractivity contribution in [3.8, 4) is 5.75 Å². The van der Waals surface area contributed by atoms with Crippen LogP contribution in [0.5, 0.6) is 5.75 Å². The van der Waals surface area contributed by atoms with Crippen LogP contribution in [-0.2, 0) is 6.42 Å². The number of aromatic hydroxyl groups is 1. The first-order valence-corrected chi connectivity index (χ1v) is 4.47. The molecule has 0 spiro atoms. The minimum Gasteiger partial charge on any atom is -0.506 e. The predicted molar refractivity (Wildman–Crippen MR) is 53.1 cm³/mol. The Hall–Kier alpha value is -1.22. The maximum absolute atomic E-state index is 9.63. The Balaban J connectivity index is 2.44. The molecule has 1 atom stereocenters. The second-order valence-corrected chi connectivity index (χ2v) is 3.49. The molecule has 2 rings (SSSR count). The number of anilines is 1. The van der Waals surface area contributed by atoms with E-state index in [1.54, 1.807) is 6.07 Å². The lowest BCUT2D eigenvalue weighted by Gasteiger charge is -2.21. The molecule has 1 unspecified atom stereocenters. The van der Waals surface area contributed by atoms with Crippen LogP contribution in [0.2, 0.25) is 0 Å². The Morgan fingerprint density at radius 3 is 3.00 bits per heavy atom. The van der Waals surface area contributed by atoms with E-state index in [0.29, 0.717) is 18.3 Å². The molecular weight excluding hydrogens is 164 g/mol. The lowest BCUT2D eigenvalue weighted by Crippen LogP contribution is -2.34. The average Bonchev–Trinajstić information content (AvgIpc) is 2.44. The first kappa shape index (κ1) is 8.38. The van der Waals surface area contributed by atoms with Crippen molar-refractivity contribution in [3.05, 3.63) is 23.8 Å². The van der Waals surface area contributed by atoms with Crippen molar-refractivity contribution < 1.29 is 5.11 Å². The highest BCUT2D eigenvalue weighted by Crippen LogP contribution is 2.37. The number of rotatable bonds is 1. The van der Waals surface area contributed by atoms with Crippen molar-refractivity contribution in [1.29, 1.82) is 0 Å². The van der Waals surface area contributed by atoms with Gasteiger partial charge in [-0.3, -0.25) is 0 Å². The molecule has 3 N–H and O–H groups in total. The van der Waals surface area contributed by atoms with Crippen molar-refractivity contribution >= 4 is 5.69 Å². The van der Waals surface area contributed by atoms with Crippen LogP contribution in [0, 0.1) is 0 Å². The predicted octanol–water partition coefficient (Wildman–Crippen LogP) is 0.712. The molecule has 1 aliphatic rings. The highest BCUT2D eigenvalue weighted by molar-refractivity contribution is 5.67. The second-order valence-electron chi connectivity index (χ2n) is 3.49. The van der Waals surface area contributed by atoms with E-state index in [9.17, 15) is 5.11 Å². The molecule has 0 radical (unpaired) electrons. The molecule has 0 bridgehead atoms. The number of nitrogens with zero attached hydrogens (tertiary/aromatic N) is 1. The van der Waals surface area contributed by atoms with Crippen LogP contribution in [0.3, 0.4) is 0 Å². The van der Waals surface area contributed by atoms with E-state index in [1.165, 1.54) is 5.56 Å². The molecule has 3 heteroatoms. The van der Waals surface area contributed by atoms with Crippen LogP contribution in [0.15, 0.2) is 18.2 Å². The fourth-order valence-corrected chi connectivity index (χ4v) is 1.96. The summed E-state index contributed by atoms with van der Waals surface area (Å²) in [5, 5.41) is 9.63. The highest BCUT2D eigenvalue weighted by atomic mass is 16.3. The summed E-state index contributed by atoms with van der Waals surface area (Å²) in [5.41, 5.74) is 7.77. The zero-order chi connectivity index (χ0) is 9.42. The largest absolute Gasteiger partial charge is 0.506 e. The summed E-state index contributed by atoms with van der Waals surface area (Å²) in [6.07, 6.45) is 0.941. The van der Waals surface area contributed by atoms with E-state index in [1.807, 2.05) is 19.2 Å². The Bertz CT molecular complexity index is 325. The number of nitrogens with two attached hydrogens (primary N) is 1. The molecule has 0 fully saturated rings. The zero-order valence-electron chi connectivity index (χ0n) is 7.70. The van der Waals surface area contributed by atoms with Crippen LogP contribution in [0.1, 0.15) is 5.56 Å². The van der Waals surface area contributed by atoms with Crippen LogP contribution < -0.4 is 10.6 Å². The van der Waals surface area contributed by atoms with Gasteiger partial charge in [0, 0.05) is 19.6 Å². The van der Waals surface area contributed by atoms with Crippen LogP contribution >= 0.6 is 0 Å². The average molecular weight is 178 g/mol. The molecule has 0 saturated heterocycles. The zero-order valence-corrected chi connectivity index (χ0v) is 7.70. The van der Waals surface area contributed by atoms with Gasteiger partial charge in [0.15, 0.2) is 0 Å². The van der Waals surface area contributed by atoms with Crippen LogP contribution in [0.4, 0.5) is 5.69 Å². The van der Waals surface area contributed by atoms with E-state index < -0.39 is 0 Å². The summed E-state index contributed by atoms with van der Waals surface area (Å²) >= 11 is 0. The number of fused-ring (bicyclic) bond motifs is 1. The third-order valence-electron chi connectivity index (χ3n) is 2.73. The minimum atomic E-state index is 0.336. The van der Waals surface area contributed by atoms with Gasteiger partial charge in [-0.25, -0.2) is 0 Å². The Labute approximate surface area is 77.8 Å². The first-order chi connectivity index (χ1) is 6.24. The number of phenolic OH excluding ortho intramolecular Hbond substituents is 1. The molecule has 1 aliphatic heterocycles. The van der Waals surface area contributed by atoms with Gasteiger partial charge in [0.1, 0.15) is 5.75 Å². The quantitative estimate of drug-likeness (QED) is 0.666. The van der Waals surface area contributed by atoms with Gasteiger partial charge in [-0.15, -0.1) is 0 Å².